The summed E-state index contributed by atoms with van der Waals surface area (Å²) in [5, 5.41) is 13.4. The molecule has 2 N–H and O–H groups in total. The van der Waals surface area contributed by atoms with Crippen molar-refractivity contribution >= 4 is 22.4 Å². The quantitative estimate of drug-likeness (QED) is 0.900. The largest absolute Gasteiger partial charge is 0.481 e. The van der Waals surface area contributed by atoms with Crippen LogP contribution >= 0.6 is 11.3 Å². The highest BCUT2D eigenvalue weighted by atomic mass is 32.1. The van der Waals surface area contributed by atoms with Gasteiger partial charge in [-0.3, -0.25) is 4.79 Å². The molecule has 3 rings (SSSR count). The molecule has 5 heteroatoms. The highest BCUT2D eigenvalue weighted by molar-refractivity contribution is 7.18. The summed E-state index contributed by atoms with van der Waals surface area (Å²) in [5.41, 5.74) is 1.18. The summed E-state index contributed by atoms with van der Waals surface area (Å²) < 4.78 is 0. The Morgan fingerprint density at radius 1 is 1.19 bits per heavy atom. The average Bonchev–Trinajstić information content (AvgIpc) is 2.97. The maximum absolute atomic E-state index is 10.9. The normalized spacial score (nSPS) is 21.9. The van der Waals surface area contributed by atoms with Crippen LogP contribution < -0.4 is 5.32 Å². The number of thiazole rings is 1. The Balaban J connectivity index is 1.60. The molecule has 1 aliphatic carbocycles. The van der Waals surface area contributed by atoms with E-state index in [1.807, 2.05) is 24.4 Å². The number of aromatic nitrogens is 1. The van der Waals surface area contributed by atoms with Crippen LogP contribution in [0.4, 0.5) is 5.13 Å². The zero-order chi connectivity index (χ0) is 14.7. The Hall–Kier alpha value is -1.88. The number of hydrogen-bond donors (Lipinski definition) is 2. The van der Waals surface area contributed by atoms with E-state index in [1.54, 1.807) is 11.3 Å². The van der Waals surface area contributed by atoms with Gasteiger partial charge in [-0.2, -0.15) is 0 Å². The molecule has 0 atom stereocenters. The number of nitrogens with zero attached hydrogens (tertiary/aromatic N) is 1. The Labute approximate surface area is 127 Å². The van der Waals surface area contributed by atoms with Crippen molar-refractivity contribution < 1.29 is 9.90 Å². The molecular formula is C16H18N2O2S. The van der Waals surface area contributed by atoms with Gasteiger partial charge in [0.2, 0.25) is 0 Å². The number of benzene rings is 1. The fraction of sp³-hybridized carbons (Fsp3) is 0.375. The van der Waals surface area contributed by atoms with Gasteiger partial charge in [-0.05, 0) is 31.2 Å². The van der Waals surface area contributed by atoms with Crippen molar-refractivity contribution in [1.29, 1.82) is 0 Å². The van der Waals surface area contributed by atoms with Crippen LogP contribution in [0.3, 0.4) is 0 Å². The average molecular weight is 302 g/mol. The molecule has 0 amide bonds. The van der Waals surface area contributed by atoms with Gasteiger partial charge in [-0.15, -0.1) is 0 Å². The van der Waals surface area contributed by atoms with Crippen LogP contribution in [-0.2, 0) is 4.79 Å². The van der Waals surface area contributed by atoms with Gasteiger partial charge in [0.05, 0.1) is 10.8 Å². The van der Waals surface area contributed by atoms with Crippen molar-refractivity contribution in [2.24, 2.45) is 5.92 Å². The van der Waals surface area contributed by atoms with Crippen molar-refractivity contribution in [3.05, 3.63) is 36.5 Å². The van der Waals surface area contributed by atoms with E-state index in [0.717, 1.165) is 35.7 Å². The predicted molar refractivity (Wildman–Crippen MR) is 84.6 cm³/mol. The van der Waals surface area contributed by atoms with Gasteiger partial charge in [0.1, 0.15) is 0 Å². The zero-order valence-electron chi connectivity index (χ0n) is 11.7. The van der Waals surface area contributed by atoms with Crippen LogP contribution in [0.15, 0.2) is 36.5 Å². The summed E-state index contributed by atoms with van der Waals surface area (Å²) in [6.07, 6.45) is 5.20. The molecular weight excluding hydrogens is 284 g/mol. The molecule has 1 fully saturated rings. The number of carboxylic acid groups (broad SMARTS) is 1. The van der Waals surface area contributed by atoms with Gasteiger partial charge in [-0.25, -0.2) is 4.98 Å². The molecule has 1 aromatic carbocycles. The number of aliphatic carboxylic acids is 1. The van der Waals surface area contributed by atoms with Crippen LogP contribution in [0.1, 0.15) is 25.7 Å². The molecule has 110 valence electrons. The molecule has 0 saturated heterocycles. The molecule has 0 bridgehead atoms. The van der Waals surface area contributed by atoms with Gasteiger partial charge in [0.15, 0.2) is 5.13 Å². The third-order valence-corrected chi connectivity index (χ3v) is 4.95. The van der Waals surface area contributed by atoms with Gasteiger partial charge in [0, 0.05) is 12.2 Å². The van der Waals surface area contributed by atoms with Crippen LogP contribution in [0.2, 0.25) is 0 Å². The fourth-order valence-electron chi connectivity index (χ4n) is 2.74. The molecule has 0 spiro atoms. The summed E-state index contributed by atoms with van der Waals surface area (Å²) >= 11 is 1.65. The van der Waals surface area contributed by atoms with Crippen LogP contribution in [0.25, 0.3) is 10.4 Å². The lowest BCUT2D eigenvalue weighted by molar-refractivity contribution is -0.142. The first-order chi connectivity index (χ1) is 10.2. The first-order valence-electron chi connectivity index (χ1n) is 7.23. The van der Waals surface area contributed by atoms with Crippen LogP contribution in [0, 0.1) is 5.92 Å². The second kappa shape index (κ2) is 6.26. The van der Waals surface area contributed by atoms with E-state index >= 15 is 0 Å². The molecule has 1 aliphatic rings. The molecule has 4 nitrogen and oxygen atoms in total. The van der Waals surface area contributed by atoms with Gasteiger partial charge >= 0.3 is 5.97 Å². The van der Waals surface area contributed by atoms with E-state index in [1.165, 1.54) is 5.56 Å². The number of carboxylic acids is 1. The highest BCUT2D eigenvalue weighted by Gasteiger charge is 2.26. The van der Waals surface area contributed by atoms with E-state index in [2.05, 4.69) is 22.4 Å². The second-order valence-electron chi connectivity index (χ2n) is 5.43. The second-order valence-corrected chi connectivity index (χ2v) is 6.46. The first-order valence-corrected chi connectivity index (χ1v) is 8.04. The monoisotopic (exact) mass is 302 g/mol. The minimum absolute atomic E-state index is 0.167. The summed E-state index contributed by atoms with van der Waals surface area (Å²) in [5.74, 6) is -0.826. The van der Waals surface area contributed by atoms with E-state index in [4.69, 9.17) is 5.11 Å². The van der Waals surface area contributed by atoms with Crippen LogP contribution in [0.5, 0.6) is 0 Å². The number of hydrogen-bond acceptors (Lipinski definition) is 4. The summed E-state index contributed by atoms with van der Waals surface area (Å²) in [6.45, 7) is 0. The smallest absolute Gasteiger partial charge is 0.306 e. The van der Waals surface area contributed by atoms with E-state index in [0.29, 0.717) is 6.04 Å². The fourth-order valence-corrected chi connectivity index (χ4v) is 3.63. The topological polar surface area (TPSA) is 62.2 Å². The molecule has 1 heterocycles. The van der Waals surface area contributed by atoms with E-state index in [9.17, 15) is 4.79 Å². The zero-order valence-corrected chi connectivity index (χ0v) is 12.5. The maximum atomic E-state index is 10.9. The van der Waals surface area contributed by atoms with Crippen molar-refractivity contribution in [3.8, 4) is 10.4 Å². The summed E-state index contributed by atoms with van der Waals surface area (Å²) in [6, 6.07) is 10.6. The standard InChI is InChI=1S/C16H18N2O2S/c19-15(20)12-6-8-13(9-7-12)18-16-17-10-14(21-16)11-4-2-1-3-5-11/h1-5,10,12-13H,6-9H2,(H,17,18)(H,19,20). The summed E-state index contributed by atoms with van der Waals surface area (Å²) in [7, 11) is 0. The number of anilines is 1. The van der Waals surface area contributed by atoms with Crippen molar-refractivity contribution in [2.45, 2.75) is 31.7 Å². The van der Waals surface area contributed by atoms with E-state index in [-0.39, 0.29) is 5.92 Å². The first kappa shape index (κ1) is 14.1. The SMILES string of the molecule is O=C(O)C1CCC(Nc2ncc(-c3ccccc3)s2)CC1. The number of rotatable bonds is 4. The van der Waals surface area contributed by atoms with Gasteiger partial charge in [-0.1, -0.05) is 41.7 Å². The Morgan fingerprint density at radius 3 is 2.57 bits per heavy atom. The molecule has 21 heavy (non-hydrogen) atoms. The van der Waals surface area contributed by atoms with Crippen molar-refractivity contribution in [2.75, 3.05) is 5.32 Å². The Kier molecular flexibility index (Phi) is 4.20. The van der Waals surface area contributed by atoms with Crippen molar-refractivity contribution in [1.82, 2.24) is 4.98 Å². The lowest BCUT2D eigenvalue weighted by Gasteiger charge is -2.26. The maximum Gasteiger partial charge on any atom is 0.306 e. The van der Waals surface area contributed by atoms with Gasteiger partial charge in [0.25, 0.3) is 0 Å². The Morgan fingerprint density at radius 2 is 1.90 bits per heavy atom. The van der Waals surface area contributed by atoms with Crippen molar-refractivity contribution in [3.63, 3.8) is 0 Å². The third kappa shape index (κ3) is 3.42. The Bertz CT molecular complexity index is 604. The third-order valence-electron chi connectivity index (χ3n) is 3.97. The molecule has 1 aromatic heterocycles. The molecule has 2 aromatic rings. The molecule has 0 unspecified atom stereocenters. The lowest BCUT2D eigenvalue weighted by Crippen LogP contribution is -2.29. The van der Waals surface area contributed by atoms with Crippen LogP contribution in [-0.4, -0.2) is 22.1 Å². The van der Waals surface area contributed by atoms with E-state index < -0.39 is 5.97 Å². The highest BCUT2D eigenvalue weighted by Crippen LogP contribution is 2.31. The summed E-state index contributed by atoms with van der Waals surface area (Å²) in [4.78, 5) is 16.5. The lowest BCUT2D eigenvalue weighted by atomic mass is 9.86. The number of nitrogens with one attached hydrogen (secondary N) is 1. The minimum atomic E-state index is -0.658. The number of carbonyl (C=O) groups is 1. The minimum Gasteiger partial charge on any atom is -0.481 e. The molecule has 0 aliphatic heterocycles. The van der Waals surface area contributed by atoms with Gasteiger partial charge < -0.3 is 10.4 Å². The molecule has 0 radical (unpaired) electrons. The molecule has 1 saturated carbocycles. The predicted octanol–water partition coefficient (Wildman–Crippen LogP) is 3.87.